The predicted octanol–water partition coefficient (Wildman–Crippen LogP) is 3.32. The van der Waals surface area contributed by atoms with Crippen LogP contribution in [0.15, 0.2) is 48.5 Å². The number of aryl methyl sites for hydroxylation is 1. The van der Waals surface area contributed by atoms with Crippen LogP contribution in [-0.4, -0.2) is 42.9 Å². The van der Waals surface area contributed by atoms with Crippen LogP contribution in [-0.2, 0) is 17.6 Å². The predicted molar refractivity (Wildman–Crippen MR) is 107 cm³/mol. The molecule has 0 saturated carbocycles. The Balaban J connectivity index is 1.58. The third-order valence-corrected chi connectivity index (χ3v) is 6.27. The molecule has 0 aromatic heterocycles. The number of benzene rings is 3. The smallest absolute Gasteiger partial charge is 0.138 e. The van der Waals surface area contributed by atoms with E-state index in [0.29, 0.717) is 6.04 Å². The minimum absolute atomic E-state index is 0.0195. The first-order valence-electron chi connectivity index (χ1n) is 9.69. The summed E-state index contributed by atoms with van der Waals surface area (Å²) < 4.78 is 0. The molecule has 2 atom stereocenters. The van der Waals surface area contributed by atoms with E-state index in [1.165, 1.54) is 32.7 Å². The van der Waals surface area contributed by atoms with Crippen LogP contribution in [0.4, 0.5) is 0 Å². The summed E-state index contributed by atoms with van der Waals surface area (Å²) in [7, 11) is 0. The van der Waals surface area contributed by atoms with Crippen molar-refractivity contribution >= 4 is 27.8 Å². The number of nitrogens with one attached hydrogen (secondary N) is 1. The summed E-state index contributed by atoms with van der Waals surface area (Å²) in [5, 5.41) is 8.74. The number of hydrogen-bond acceptors (Lipinski definition) is 3. The van der Waals surface area contributed by atoms with E-state index in [1.807, 2.05) is 0 Å². The van der Waals surface area contributed by atoms with Gasteiger partial charge in [-0.05, 0) is 51.9 Å². The van der Waals surface area contributed by atoms with Crippen LogP contribution < -0.4 is 5.32 Å². The van der Waals surface area contributed by atoms with Gasteiger partial charge in [0.15, 0.2) is 0 Å². The zero-order valence-corrected chi connectivity index (χ0v) is 14.9. The highest BCUT2D eigenvalue weighted by Gasteiger charge is 2.31. The number of fused-ring (bicyclic) bond motifs is 5. The summed E-state index contributed by atoms with van der Waals surface area (Å²) in [4.78, 5) is 14.0. The molecule has 26 heavy (non-hydrogen) atoms. The van der Waals surface area contributed by atoms with Gasteiger partial charge in [-0.3, -0.25) is 4.90 Å². The van der Waals surface area contributed by atoms with Crippen molar-refractivity contribution in [1.29, 1.82) is 0 Å². The molecule has 1 aliphatic carbocycles. The van der Waals surface area contributed by atoms with Crippen LogP contribution in [0, 0.1) is 0 Å². The Hall–Kier alpha value is -2.23. The average molecular weight is 344 g/mol. The molecule has 0 bridgehead atoms. The highest BCUT2D eigenvalue weighted by atomic mass is 16.1. The molecule has 3 heteroatoms. The van der Waals surface area contributed by atoms with E-state index in [0.717, 1.165) is 45.2 Å². The first kappa shape index (κ1) is 16.0. The van der Waals surface area contributed by atoms with Crippen LogP contribution in [0.25, 0.3) is 21.5 Å². The van der Waals surface area contributed by atoms with Crippen molar-refractivity contribution in [3.8, 4) is 0 Å². The standard InChI is InChI=1S/C23H24N2O/c26-15-19-14-24-11-12-25(19)18-8-5-17-7-9-21-20-4-2-1-3-16(20)6-10-22(21)23(17)13-18/h1-4,6-7,9-10,15,18-19,24H,5,8,11-14H2. The molecule has 5 rings (SSSR count). The van der Waals surface area contributed by atoms with Gasteiger partial charge in [-0.2, -0.15) is 0 Å². The lowest BCUT2D eigenvalue weighted by Crippen LogP contribution is -2.57. The molecule has 0 radical (unpaired) electrons. The summed E-state index contributed by atoms with van der Waals surface area (Å²) in [6.07, 6.45) is 4.43. The molecular weight excluding hydrogens is 320 g/mol. The first-order valence-corrected chi connectivity index (χ1v) is 9.69. The van der Waals surface area contributed by atoms with E-state index in [2.05, 4.69) is 58.7 Å². The van der Waals surface area contributed by atoms with Crippen LogP contribution in [0.2, 0.25) is 0 Å². The van der Waals surface area contributed by atoms with Crippen LogP contribution in [0.5, 0.6) is 0 Å². The summed E-state index contributed by atoms with van der Waals surface area (Å²) in [5.74, 6) is 0. The molecule has 132 valence electrons. The zero-order chi connectivity index (χ0) is 17.5. The maximum atomic E-state index is 11.5. The molecule has 0 spiro atoms. The fraction of sp³-hybridized carbons (Fsp3) is 0.348. The Morgan fingerprint density at radius 1 is 1.00 bits per heavy atom. The van der Waals surface area contributed by atoms with E-state index >= 15 is 0 Å². The molecule has 1 fully saturated rings. The minimum Gasteiger partial charge on any atom is -0.313 e. The second kappa shape index (κ2) is 6.49. The normalized spacial score (nSPS) is 23.8. The van der Waals surface area contributed by atoms with Crippen LogP contribution in [0.1, 0.15) is 17.5 Å². The highest BCUT2D eigenvalue weighted by molar-refractivity contribution is 6.08. The maximum absolute atomic E-state index is 11.5. The van der Waals surface area contributed by atoms with Crippen molar-refractivity contribution in [2.24, 2.45) is 0 Å². The monoisotopic (exact) mass is 344 g/mol. The second-order valence-corrected chi connectivity index (χ2v) is 7.63. The first-order chi connectivity index (χ1) is 12.8. The Morgan fingerprint density at radius 2 is 1.88 bits per heavy atom. The van der Waals surface area contributed by atoms with Gasteiger partial charge >= 0.3 is 0 Å². The molecule has 3 aromatic carbocycles. The average Bonchev–Trinajstić information content (AvgIpc) is 2.72. The SMILES string of the molecule is O=CC1CNCCN1C1CCc2ccc3c(ccc4ccccc43)c2C1. The van der Waals surface area contributed by atoms with Gasteiger partial charge in [0, 0.05) is 25.7 Å². The number of aldehydes is 1. The number of carbonyl (C=O) groups excluding carboxylic acids is 1. The molecule has 2 aliphatic rings. The molecule has 1 N–H and O–H groups in total. The van der Waals surface area contributed by atoms with Crippen LogP contribution >= 0.6 is 0 Å². The molecule has 1 aliphatic heterocycles. The molecule has 2 unspecified atom stereocenters. The summed E-state index contributed by atoms with van der Waals surface area (Å²) in [6, 6.07) is 18.3. The van der Waals surface area contributed by atoms with Crippen molar-refractivity contribution < 1.29 is 4.79 Å². The lowest BCUT2D eigenvalue weighted by Gasteiger charge is -2.41. The molecule has 3 nitrogen and oxygen atoms in total. The third-order valence-electron chi connectivity index (χ3n) is 6.27. The van der Waals surface area contributed by atoms with E-state index in [9.17, 15) is 4.79 Å². The van der Waals surface area contributed by atoms with Gasteiger partial charge in [0.2, 0.25) is 0 Å². The van der Waals surface area contributed by atoms with Gasteiger partial charge in [-0.25, -0.2) is 0 Å². The minimum atomic E-state index is 0.0195. The Bertz CT molecular complexity index is 981. The van der Waals surface area contributed by atoms with Gasteiger partial charge in [-0.1, -0.05) is 48.5 Å². The number of hydrogen-bond donors (Lipinski definition) is 1. The lowest BCUT2D eigenvalue weighted by atomic mass is 9.83. The topological polar surface area (TPSA) is 32.3 Å². The zero-order valence-electron chi connectivity index (χ0n) is 14.9. The molecule has 1 saturated heterocycles. The van der Waals surface area contributed by atoms with Gasteiger partial charge in [-0.15, -0.1) is 0 Å². The van der Waals surface area contributed by atoms with Crippen molar-refractivity contribution in [1.82, 2.24) is 10.2 Å². The number of nitrogens with zero attached hydrogens (tertiary/aromatic N) is 1. The van der Waals surface area contributed by atoms with E-state index in [-0.39, 0.29) is 6.04 Å². The summed E-state index contributed by atoms with van der Waals surface area (Å²) in [6.45, 7) is 2.73. The summed E-state index contributed by atoms with van der Waals surface area (Å²) >= 11 is 0. The van der Waals surface area contributed by atoms with E-state index < -0.39 is 0 Å². The van der Waals surface area contributed by atoms with Gasteiger partial charge in [0.05, 0.1) is 6.04 Å². The summed E-state index contributed by atoms with van der Waals surface area (Å²) in [5.41, 5.74) is 2.98. The van der Waals surface area contributed by atoms with E-state index in [4.69, 9.17) is 0 Å². The van der Waals surface area contributed by atoms with Gasteiger partial charge < -0.3 is 10.1 Å². The van der Waals surface area contributed by atoms with Gasteiger partial charge in [0.1, 0.15) is 6.29 Å². The number of piperazine rings is 1. The molecule has 0 amide bonds. The molecule has 1 heterocycles. The highest BCUT2D eigenvalue weighted by Crippen LogP contribution is 2.34. The van der Waals surface area contributed by atoms with Crippen molar-refractivity contribution in [3.05, 3.63) is 59.7 Å². The fourth-order valence-electron chi connectivity index (χ4n) is 4.93. The molecular formula is C23H24N2O. The van der Waals surface area contributed by atoms with Crippen molar-refractivity contribution in [2.75, 3.05) is 19.6 Å². The Kier molecular flexibility index (Phi) is 3.99. The third kappa shape index (κ3) is 2.54. The fourth-order valence-corrected chi connectivity index (χ4v) is 4.93. The van der Waals surface area contributed by atoms with Crippen molar-refractivity contribution in [3.63, 3.8) is 0 Å². The molecule has 3 aromatic rings. The lowest BCUT2D eigenvalue weighted by molar-refractivity contribution is -0.114. The Labute approximate surface area is 154 Å². The quantitative estimate of drug-likeness (QED) is 0.572. The van der Waals surface area contributed by atoms with Gasteiger partial charge in [0.25, 0.3) is 0 Å². The largest absolute Gasteiger partial charge is 0.313 e. The Morgan fingerprint density at radius 3 is 2.81 bits per heavy atom. The number of carbonyl (C=O) groups is 1. The van der Waals surface area contributed by atoms with E-state index in [1.54, 1.807) is 0 Å². The van der Waals surface area contributed by atoms with Crippen LogP contribution in [0.3, 0.4) is 0 Å². The maximum Gasteiger partial charge on any atom is 0.138 e. The van der Waals surface area contributed by atoms with Crippen molar-refractivity contribution in [2.45, 2.75) is 31.3 Å². The second-order valence-electron chi connectivity index (χ2n) is 7.63. The number of rotatable bonds is 2.